The maximum absolute atomic E-state index is 8.77. The second-order valence-electron chi connectivity index (χ2n) is 1.67. The third kappa shape index (κ3) is 3.50. The Morgan fingerprint density at radius 2 is 2.00 bits per heavy atom. The van der Waals surface area contributed by atoms with E-state index in [0.29, 0.717) is 5.71 Å². The zero-order valence-electron chi connectivity index (χ0n) is 5.07. The molecule has 0 spiro atoms. The molecule has 0 aromatic carbocycles. The summed E-state index contributed by atoms with van der Waals surface area (Å²) in [5.74, 6) is 0. The van der Waals surface area contributed by atoms with Crippen molar-refractivity contribution in [2.24, 2.45) is 0 Å². The Kier molecular flexibility index (Phi) is 3.67. The van der Waals surface area contributed by atoms with Crippen molar-refractivity contribution in [1.29, 1.82) is 0 Å². The molecule has 0 atom stereocenters. The predicted molar refractivity (Wildman–Crippen MR) is 32.3 cm³/mol. The Balaban J connectivity index is 3.00. The highest BCUT2D eigenvalue weighted by Gasteiger charge is 1.87. The lowest BCUT2D eigenvalue weighted by molar-refractivity contribution is 0.969. The Morgan fingerprint density at radius 3 is 2.14 bits per heavy atom. The minimum absolute atomic E-state index is 0.627. The summed E-state index contributed by atoms with van der Waals surface area (Å²) in [6.45, 7) is 4.02. The minimum atomic E-state index is 0.627. The molecule has 0 bridgehead atoms. The zero-order chi connectivity index (χ0) is 5.70. The van der Waals surface area contributed by atoms with Crippen LogP contribution >= 0.6 is 0 Å². The second-order valence-corrected chi connectivity index (χ2v) is 1.67. The van der Waals surface area contributed by atoms with E-state index < -0.39 is 0 Å². The molecule has 1 nitrogen and oxygen atoms in total. The van der Waals surface area contributed by atoms with Crippen molar-refractivity contribution in [3.05, 3.63) is 0 Å². The Bertz CT molecular complexity index is 57.2. The first-order valence-electron chi connectivity index (χ1n) is 2.84. The standard InChI is InChI=1S/C6H12N/c1-3-5-6(7)4-2/h3-5H2,1-2H3. The lowest BCUT2D eigenvalue weighted by atomic mass is 10.2. The Labute approximate surface area is 45.2 Å². The molecule has 7 heavy (non-hydrogen) atoms. The largest absolute Gasteiger partial charge is 0.160 e. The summed E-state index contributed by atoms with van der Waals surface area (Å²) in [7, 11) is 0. The highest BCUT2D eigenvalue weighted by atomic mass is 14.4. The molecule has 0 saturated heterocycles. The molecule has 0 amide bonds. The van der Waals surface area contributed by atoms with E-state index >= 15 is 0 Å². The predicted octanol–water partition coefficient (Wildman–Crippen LogP) is 1.44. The van der Waals surface area contributed by atoms with E-state index in [-0.39, 0.29) is 0 Å². The smallest absolute Gasteiger partial charge is 0.0403 e. The van der Waals surface area contributed by atoms with Gasteiger partial charge in [0, 0.05) is 5.71 Å². The molecular formula is C6H12N. The summed E-state index contributed by atoms with van der Waals surface area (Å²) in [5, 5.41) is 8.77. The first-order chi connectivity index (χ1) is 3.31. The number of rotatable bonds is 3. The van der Waals surface area contributed by atoms with E-state index in [0.717, 1.165) is 19.3 Å². The molecule has 1 radical (unpaired) electrons. The molecule has 1 heteroatoms. The van der Waals surface area contributed by atoms with Gasteiger partial charge in [0.2, 0.25) is 0 Å². The molecule has 0 N–H and O–H groups in total. The van der Waals surface area contributed by atoms with Crippen LogP contribution in [0.1, 0.15) is 33.1 Å². The van der Waals surface area contributed by atoms with Crippen molar-refractivity contribution in [3.63, 3.8) is 0 Å². The van der Waals surface area contributed by atoms with Crippen LogP contribution in [0.15, 0.2) is 0 Å². The fourth-order valence-electron chi connectivity index (χ4n) is 0.465. The van der Waals surface area contributed by atoms with Crippen molar-refractivity contribution in [2.45, 2.75) is 33.1 Å². The van der Waals surface area contributed by atoms with Crippen molar-refractivity contribution >= 4 is 5.71 Å². The van der Waals surface area contributed by atoms with E-state index in [4.69, 9.17) is 5.41 Å². The van der Waals surface area contributed by atoms with Gasteiger partial charge in [-0.3, -0.25) is 0 Å². The van der Waals surface area contributed by atoms with Gasteiger partial charge in [-0.1, -0.05) is 20.3 Å². The monoisotopic (exact) mass is 98.1 g/mol. The lowest BCUT2D eigenvalue weighted by Gasteiger charge is -1.89. The summed E-state index contributed by atoms with van der Waals surface area (Å²) in [4.78, 5) is 0. The SMILES string of the molecule is CCCC(=[N])CC. The Hall–Kier alpha value is -0.330. The normalized spacial score (nSPS) is 8.86. The third-order valence-corrected chi connectivity index (χ3v) is 0.947. The third-order valence-electron chi connectivity index (χ3n) is 0.947. The maximum Gasteiger partial charge on any atom is 0.0403 e. The molecule has 0 fully saturated rings. The van der Waals surface area contributed by atoms with Gasteiger partial charge in [0.05, 0.1) is 0 Å². The van der Waals surface area contributed by atoms with Crippen LogP contribution in [0.25, 0.3) is 0 Å². The van der Waals surface area contributed by atoms with Gasteiger partial charge in [-0.15, -0.1) is 0 Å². The van der Waals surface area contributed by atoms with Crippen LogP contribution in [0.5, 0.6) is 0 Å². The van der Waals surface area contributed by atoms with E-state index in [1.54, 1.807) is 0 Å². The van der Waals surface area contributed by atoms with Crippen LogP contribution in [0.3, 0.4) is 0 Å². The summed E-state index contributed by atoms with van der Waals surface area (Å²) >= 11 is 0. The number of nitrogens with zero attached hydrogens (tertiary/aromatic N) is 1. The van der Waals surface area contributed by atoms with Crippen LogP contribution in [0, 0.1) is 0 Å². The molecule has 0 aliphatic carbocycles. The summed E-state index contributed by atoms with van der Waals surface area (Å²) in [6.07, 6.45) is 2.74. The average molecular weight is 98.2 g/mol. The van der Waals surface area contributed by atoms with Crippen molar-refractivity contribution < 1.29 is 0 Å². The van der Waals surface area contributed by atoms with E-state index in [2.05, 4.69) is 6.92 Å². The second kappa shape index (κ2) is 3.85. The van der Waals surface area contributed by atoms with E-state index in [1.807, 2.05) is 6.92 Å². The zero-order valence-corrected chi connectivity index (χ0v) is 5.07. The van der Waals surface area contributed by atoms with Gasteiger partial charge in [0.1, 0.15) is 0 Å². The molecule has 0 rings (SSSR count). The minimum Gasteiger partial charge on any atom is -0.160 e. The fourth-order valence-corrected chi connectivity index (χ4v) is 0.465. The summed E-state index contributed by atoms with van der Waals surface area (Å²) in [5.41, 5.74) is 0.627. The summed E-state index contributed by atoms with van der Waals surface area (Å²) in [6, 6.07) is 0. The van der Waals surface area contributed by atoms with E-state index in [1.165, 1.54) is 0 Å². The lowest BCUT2D eigenvalue weighted by Crippen LogP contribution is -1.93. The molecule has 0 aromatic heterocycles. The number of hydrogen-bond acceptors (Lipinski definition) is 0. The van der Waals surface area contributed by atoms with Gasteiger partial charge in [-0.25, -0.2) is 0 Å². The van der Waals surface area contributed by atoms with Crippen LogP contribution in [-0.4, -0.2) is 5.71 Å². The maximum atomic E-state index is 8.77. The van der Waals surface area contributed by atoms with Crippen molar-refractivity contribution in [2.75, 3.05) is 0 Å². The molecule has 0 unspecified atom stereocenters. The molecule has 0 aliphatic heterocycles. The quantitative estimate of drug-likeness (QED) is 0.476. The van der Waals surface area contributed by atoms with E-state index in [9.17, 15) is 0 Å². The molecule has 0 heterocycles. The topological polar surface area (TPSA) is 22.3 Å². The van der Waals surface area contributed by atoms with Crippen LogP contribution < -0.4 is 5.41 Å². The highest BCUT2D eigenvalue weighted by molar-refractivity contribution is 5.81. The van der Waals surface area contributed by atoms with Gasteiger partial charge in [-0.2, -0.15) is 5.41 Å². The molecule has 0 aromatic rings. The fraction of sp³-hybridized carbons (Fsp3) is 0.833. The van der Waals surface area contributed by atoms with Gasteiger partial charge in [0.15, 0.2) is 0 Å². The van der Waals surface area contributed by atoms with Gasteiger partial charge in [-0.05, 0) is 12.8 Å². The van der Waals surface area contributed by atoms with Crippen LogP contribution in [0.2, 0.25) is 0 Å². The summed E-state index contributed by atoms with van der Waals surface area (Å²) < 4.78 is 0. The molecule has 41 valence electrons. The average Bonchev–Trinajstić information content (AvgIpc) is 1.68. The van der Waals surface area contributed by atoms with Crippen LogP contribution in [0.4, 0.5) is 0 Å². The van der Waals surface area contributed by atoms with Crippen molar-refractivity contribution in [3.8, 4) is 0 Å². The van der Waals surface area contributed by atoms with Gasteiger partial charge < -0.3 is 0 Å². The molecule has 0 aliphatic rings. The van der Waals surface area contributed by atoms with Crippen molar-refractivity contribution in [1.82, 2.24) is 5.41 Å². The molecular weight excluding hydrogens is 86.1 g/mol. The first kappa shape index (κ1) is 6.67. The molecule has 0 saturated carbocycles. The number of hydrogen-bond donors (Lipinski definition) is 0. The van der Waals surface area contributed by atoms with Gasteiger partial charge in [0.25, 0.3) is 0 Å². The Morgan fingerprint density at radius 1 is 1.43 bits per heavy atom. The van der Waals surface area contributed by atoms with Crippen LogP contribution in [-0.2, 0) is 0 Å². The first-order valence-corrected chi connectivity index (χ1v) is 2.84. The highest BCUT2D eigenvalue weighted by Crippen LogP contribution is 1.90. The van der Waals surface area contributed by atoms with Gasteiger partial charge >= 0.3 is 0 Å².